The van der Waals surface area contributed by atoms with Crippen molar-refractivity contribution in [1.82, 2.24) is 14.6 Å². The summed E-state index contributed by atoms with van der Waals surface area (Å²) in [5.74, 6) is 0.763. The van der Waals surface area contributed by atoms with Crippen molar-refractivity contribution in [3.8, 4) is 11.5 Å². The van der Waals surface area contributed by atoms with Crippen LogP contribution in [0.3, 0.4) is 0 Å². The molecule has 0 saturated carbocycles. The summed E-state index contributed by atoms with van der Waals surface area (Å²) < 4.78 is 12.2. The number of methoxy groups -OCH3 is 1. The van der Waals surface area contributed by atoms with E-state index in [1.807, 2.05) is 37.3 Å². The molecule has 0 atom stereocenters. The van der Waals surface area contributed by atoms with Gasteiger partial charge in [0.25, 0.3) is 5.56 Å². The van der Waals surface area contributed by atoms with E-state index in [0.717, 1.165) is 11.1 Å². The molecule has 31 heavy (non-hydrogen) atoms. The van der Waals surface area contributed by atoms with Gasteiger partial charge in [-0.15, -0.1) is 5.10 Å². The Labute approximate surface area is 181 Å². The van der Waals surface area contributed by atoms with Crippen LogP contribution in [-0.2, 0) is 4.79 Å². The number of carbonyl (C=O) groups is 1. The molecule has 0 amide bonds. The summed E-state index contributed by atoms with van der Waals surface area (Å²) in [5.41, 5.74) is 2.71. The van der Waals surface area contributed by atoms with Gasteiger partial charge in [-0.25, -0.2) is 0 Å². The molecule has 2 aromatic carbocycles. The number of thiazole rings is 1. The quantitative estimate of drug-likeness (QED) is 0.355. The Morgan fingerprint density at radius 2 is 1.81 bits per heavy atom. The molecule has 2 aromatic heterocycles. The van der Waals surface area contributed by atoms with Gasteiger partial charge in [0.1, 0.15) is 0 Å². The van der Waals surface area contributed by atoms with E-state index in [-0.39, 0.29) is 5.56 Å². The zero-order chi connectivity index (χ0) is 22.0. The van der Waals surface area contributed by atoms with Gasteiger partial charge < -0.3 is 9.47 Å². The van der Waals surface area contributed by atoms with Gasteiger partial charge >= 0.3 is 5.97 Å². The average Bonchev–Trinajstić information content (AvgIpc) is 3.27. The normalized spacial score (nSPS) is 12.0. The zero-order valence-corrected chi connectivity index (χ0v) is 18.0. The van der Waals surface area contributed by atoms with Crippen molar-refractivity contribution in [2.45, 2.75) is 13.8 Å². The number of benzene rings is 2. The van der Waals surface area contributed by atoms with Crippen LogP contribution in [0.15, 0.2) is 47.3 Å². The van der Waals surface area contributed by atoms with Gasteiger partial charge in [-0.2, -0.15) is 9.50 Å². The van der Waals surface area contributed by atoms with E-state index in [0.29, 0.717) is 26.8 Å². The second kappa shape index (κ2) is 8.53. The van der Waals surface area contributed by atoms with Crippen molar-refractivity contribution in [3.63, 3.8) is 0 Å². The van der Waals surface area contributed by atoms with Crippen molar-refractivity contribution < 1.29 is 14.3 Å². The van der Waals surface area contributed by atoms with Crippen molar-refractivity contribution in [2.75, 3.05) is 7.11 Å². The molecule has 156 valence electrons. The molecule has 0 radical (unpaired) electrons. The molecule has 8 heteroatoms. The third kappa shape index (κ3) is 4.54. The first-order valence-electron chi connectivity index (χ1n) is 9.45. The van der Waals surface area contributed by atoms with E-state index >= 15 is 0 Å². The SMILES string of the molecule is COc1cc(/C=c2\sc3nc(/C=C/c4ccc(C)cc4)nn3c2=O)ccc1OC(C)=O. The summed E-state index contributed by atoms with van der Waals surface area (Å²) >= 11 is 1.25. The molecule has 0 aliphatic heterocycles. The second-order valence-electron chi connectivity index (χ2n) is 6.83. The number of esters is 1. The molecule has 0 bridgehead atoms. The van der Waals surface area contributed by atoms with Crippen LogP contribution in [0.1, 0.15) is 29.4 Å². The number of nitrogens with zero attached hydrogens (tertiary/aromatic N) is 3. The number of hydrogen-bond acceptors (Lipinski definition) is 7. The predicted molar refractivity (Wildman–Crippen MR) is 120 cm³/mol. The summed E-state index contributed by atoms with van der Waals surface area (Å²) in [6, 6.07) is 13.2. The highest BCUT2D eigenvalue weighted by atomic mass is 32.1. The van der Waals surface area contributed by atoms with Crippen LogP contribution in [0.5, 0.6) is 11.5 Å². The Kier molecular flexibility index (Phi) is 5.64. The number of aryl methyl sites for hydroxylation is 1. The van der Waals surface area contributed by atoms with E-state index in [1.165, 1.54) is 35.4 Å². The summed E-state index contributed by atoms with van der Waals surface area (Å²) in [5, 5.41) is 4.30. The molecular formula is C23H19N3O4S. The summed E-state index contributed by atoms with van der Waals surface area (Å²) in [4.78, 5) is 28.9. The minimum absolute atomic E-state index is 0.245. The van der Waals surface area contributed by atoms with Gasteiger partial charge in [0, 0.05) is 6.92 Å². The van der Waals surface area contributed by atoms with Crippen molar-refractivity contribution in [1.29, 1.82) is 0 Å². The third-order valence-corrected chi connectivity index (χ3v) is 5.40. The maximum atomic E-state index is 12.7. The molecular weight excluding hydrogens is 414 g/mol. The Balaban J connectivity index is 1.63. The lowest BCUT2D eigenvalue weighted by atomic mass is 10.1. The van der Waals surface area contributed by atoms with E-state index in [9.17, 15) is 9.59 Å². The summed E-state index contributed by atoms with van der Waals surface area (Å²) in [6.07, 6.45) is 5.42. The van der Waals surface area contributed by atoms with Gasteiger partial charge in [-0.05, 0) is 42.3 Å². The van der Waals surface area contributed by atoms with Crippen LogP contribution in [-0.4, -0.2) is 27.7 Å². The minimum Gasteiger partial charge on any atom is -0.493 e. The first-order valence-corrected chi connectivity index (χ1v) is 10.3. The highest BCUT2D eigenvalue weighted by Gasteiger charge is 2.11. The fourth-order valence-corrected chi connectivity index (χ4v) is 3.85. The van der Waals surface area contributed by atoms with Crippen LogP contribution in [0.25, 0.3) is 23.2 Å². The first-order chi connectivity index (χ1) is 14.9. The number of aromatic nitrogens is 3. The van der Waals surface area contributed by atoms with Crippen molar-refractivity contribution >= 4 is 40.5 Å². The van der Waals surface area contributed by atoms with Gasteiger partial charge in [0.15, 0.2) is 17.3 Å². The highest BCUT2D eigenvalue weighted by Crippen LogP contribution is 2.28. The lowest BCUT2D eigenvalue weighted by Crippen LogP contribution is -2.23. The lowest BCUT2D eigenvalue weighted by Gasteiger charge is -2.08. The molecule has 0 fully saturated rings. The number of hydrogen-bond donors (Lipinski definition) is 0. The van der Waals surface area contributed by atoms with Gasteiger partial charge in [0.2, 0.25) is 4.96 Å². The molecule has 7 nitrogen and oxygen atoms in total. The largest absolute Gasteiger partial charge is 0.493 e. The van der Waals surface area contributed by atoms with E-state index in [1.54, 1.807) is 30.4 Å². The topological polar surface area (TPSA) is 82.8 Å². The van der Waals surface area contributed by atoms with Crippen LogP contribution in [0.4, 0.5) is 0 Å². The standard InChI is InChI=1S/C23H19N3O4S/c1-14-4-6-16(7-5-14)9-11-21-24-23-26(25-21)22(28)20(31-23)13-17-8-10-18(30-15(2)27)19(12-17)29-3/h4-13H,1-3H3/b11-9+,20-13-. The lowest BCUT2D eigenvalue weighted by molar-refractivity contribution is -0.132. The van der Waals surface area contributed by atoms with Gasteiger partial charge in [-0.1, -0.05) is 53.3 Å². The van der Waals surface area contributed by atoms with Crippen molar-refractivity contribution in [3.05, 3.63) is 79.9 Å². The predicted octanol–water partition coefficient (Wildman–Crippen LogP) is 3.11. The molecule has 0 saturated heterocycles. The van der Waals surface area contributed by atoms with Crippen LogP contribution < -0.4 is 19.6 Å². The maximum Gasteiger partial charge on any atom is 0.308 e. The van der Waals surface area contributed by atoms with Crippen LogP contribution in [0, 0.1) is 6.92 Å². The fourth-order valence-electron chi connectivity index (χ4n) is 2.93. The summed E-state index contributed by atoms with van der Waals surface area (Å²) in [7, 11) is 1.49. The average molecular weight is 433 g/mol. The molecule has 4 aromatic rings. The zero-order valence-electron chi connectivity index (χ0n) is 17.2. The monoisotopic (exact) mass is 433 g/mol. The Morgan fingerprint density at radius 3 is 2.48 bits per heavy atom. The van der Waals surface area contributed by atoms with Crippen LogP contribution >= 0.6 is 11.3 Å². The molecule has 0 aliphatic carbocycles. The number of rotatable bonds is 5. The molecule has 0 N–H and O–H groups in total. The Morgan fingerprint density at radius 1 is 1.06 bits per heavy atom. The second-order valence-corrected chi connectivity index (χ2v) is 7.84. The Bertz CT molecular complexity index is 1400. The van der Waals surface area contributed by atoms with Crippen LogP contribution in [0.2, 0.25) is 0 Å². The number of ether oxygens (including phenoxy) is 2. The molecule has 0 unspecified atom stereocenters. The van der Waals surface area contributed by atoms with Gasteiger partial charge in [0.05, 0.1) is 11.6 Å². The molecule has 4 rings (SSSR count). The first kappa shape index (κ1) is 20.5. The Hall–Kier alpha value is -3.78. The van der Waals surface area contributed by atoms with Crippen molar-refractivity contribution in [2.24, 2.45) is 0 Å². The van der Waals surface area contributed by atoms with E-state index in [4.69, 9.17) is 9.47 Å². The summed E-state index contributed by atoms with van der Waals surface area (Å²) in [6.45, 7) is 3.36. The third-order valence-electron chi connectivity index (χ3n) is 4.44. The maximum absolute atomic E-state index is 12.7. The van der Waals surface area contributed by atoms with E-state index in [2.05, 4.69) is 10.1 Å². The highest BCUT2D eigenvalue weighted by molar-refractivity contribution is 7.15. The van der Waals surface area contributed by atoms with Gasteiger partial charge in [-0.3, -0.25) is 9.59 Å². The minimum atomic E-state index is -0.435. The molecule has 0 aliphatic rings. The van der Waals surface area contributed by atoms with E-state index < -0.39 is 5.97 Å². The fraction of sp³-hybridized carbons (Fsp3) is 0.130. The smallest absolute Gasteiger partial charge is 0.308 e. The number of carbonyl (C=O) groups excluding carboxylic acids is 1. The number of fused-ring (bicyclic) bond motifs is 1. The molecule has 2 heterocycles. The molecule has 0 spiro atoms.